The molecule has 1 aromatic carbocycles. The Morgan fingerprint density at radius 1 is 1.19 bits per heavy atom. The van der Waals surface area contributed by atoms with Crippen molar-refractivity contribution in [3.05, 3.63) is 24.3 Å². The van der Waals surface area contributed by atoms with Crippen LogP contribution in [0.15, 0.2) is 24.3 Å². The summed E-state index contributed by atoms with van der Waals surface area (Å²) in [5.74, 6) is -0.138. The maximum Gasteiger partial charge on any atom is 0.487 e. The zero-order chi connectivity index (χ0) is 15.6. The van der Waals surface area contributed by atoms with E-state index in [2.05, 4.69) is 21.7 Å². The fourth-order valence-electron chi connectivity index (χ4n) is 1.85. The molecule has 4 N–H and O–H groups in total. The minimum Gasteiger partial charge on any atom is -0.420 e. The molecule has 21 heavy (non-hydrogen) atoms. The molecule has 0 bridgehead atoms. The molecule has 1 aromatic rings. The van der Waals surface area contributed by atoms with Gasteiger partial charge in [0.1, 0.15) is 24.1 Å². The molecule has 1 fully saturated rings. The van der Waals surface area contributed by atoms with Gasteiger partial charge >= 0.3 is 5.57 Å². The molecule has 0 aromatic heterocycles. The van der Waals surface area contributed by atoms with Crippen LogP contribution in [0.25, 0.3) is 0 Å². The number of alkyl halides is 3. The topological polar surface area (TPSA) is 91.2 Å². The number of halogens is 3. The van der Waals surface area contributed by atoms with Gasteiger partial charge in [0.2, 0.25) is 0 Å². The Balaban J connectivity index is 1.97. The SMILES string of the molecule is O[C@@H]1[C@H](O)[C@@H](Nc2ccc(OC(F)(F)Cl)cc2)OC[C@H]1O. The van der Waals surface area contributed by atoms with Gasteiger partial charge in [-0.1, -0.05) is 0 Å². The van der Waals surface area contributed by atoms with E-state index in [1.807, 2.05) is 0 Å². The summed E-state index contributed by atoms with van der Waals surface area (Å²) in [6.45, 7) is -0.143. The largest absolute Gasteiger partial charge is 0.487 e. The first-order valence-electron chi connectivity index (χ1n) is 6.04. The highest BCUT2D eigenvalue weighted by atomic mass is 35.5. The molecule has 1 aliphatic heterocycles. The van der Waals surface area contributed by atoms with E-state index in [-0.39, 0.29) is 12.4 Å². The monoisotopic (exact) mass is 325 g/mol. The van der Waals surface area contributed by atoms with Gasteiger partial charge in [-0.2, -0.15) is 0 Å². The summed E-state index contributed by atoms with van der Waals surface area (Å²) < 4.78 is 34.2. The van der Waals surface area contributed by atoms with Crippen molar-refractivity contribution in [2.45, 2.75) is 30.1 Å². The lowest BCUT2D eigenvalue weighted by Crippen LogP contribution is -2.55. The molecule has 9 heteroatoms. The van der Waals surface area contributed by atoms with Crippen LogP contribution in [0.1, 0.15) is 0 Å². The molecule has 118 valence electrons. The highest BCUT2D eigenvalue weighted by Gasteiger charge is 2.37. The fourth-order valence-corrected chi connectivity index (χ4v) is 1.94. The van der Waals surface area contributed by atoms with Crippen LogP contribution < -0.4 is 10.1 Å². The lowest BCUT2D eigenvalue weighted by atomic mass is 10.0. The first-order valence-corrected chi connectivity index (χ1v) is 6.42. The standard InChI is InChI=1S/C12H14ClF2NO5/c13-12(14,15)21-7-3-1-6(2-4-7)16-11-10(19)9(18)8(17)5-20-11/h1-4,8-11,16-19H,5H2/t8-,9+,10+,11+/m1/s1. The van der Waals surface area contributed by atoms with E-state index < -0.39 is 30.1 Å². The van der Waals surface area contributed by atoms with E-state index in [0.29, 0.717) is 5.69 Å². The third-order valence-electron chi connectivity index (χ3n) is 2.90. The average Bonchev–Trinajstić information content (AvgIpc) is 2.40. The van der Waals surface area contributed by atoms with Crippen molar-refractivity contribution in [1.82, 2.24) is 0 Å². The van der Waals surface area contributed by atoms with Crippen molar-refractivity contribution in [1.29, 1.82) is 0 Å². The average molecular weight is 326 g/mol. The van der Waals surface area contributed by atoms with Crippen LogP contribution in [0, 0.1) is 0 Å². The maximum absolute atomic E-state index is 12.4. The molecule has 2 rings (SSSR count). The minimum absolute atomic E-state index is 0.138. The van der Waals surface area contributed by atoms with Gasteiger partial charge < -0.3 is 30.1 Å². The summed E-state index contributed by atoms with van der Waals surface area (Å²) in [6.07, 6.45) is -4.78. The summed E-state index contributed by atoms with van der Waals surface area (Å²) in [7, 11) is 0. The van der Waals surface area contributed by atoms with E-state index in [4.69, 9.17) is 4.74 Å². The highest BCUT2D eigenvalue weighted by molar-refractivity contribution is 6.20. The molecule has 1 saturated heterocycles. The number of nitrogens with one attached hydrogen (secondary N) is 1. The van der Waals surface area contributed by atoms with Crippen molar-refractivity contribution >= 4 is 17.3 Å². The number of hydrogen-bond acceptors (Lipinski definition) is 6. The van der Waals surface area contributed by atoms with Gasteiger partial charge in [0, 0.05) is 17.3 Å². The molecule has 0 amide bonds. The van der Waals surface area contributed by atoms with Gasteiger partial charge in [-0.3, -0.25) is 0 Å². The van der Waals surface area contributed by atoms with Gasteiger partial charge in [-0.15, -0.1) is 8.78 Å². The lowest BCUT2D eigenvalue weighted by Gasteiger charge is -2.35. The van der Waals surface area contributed by atoms with E-state index in [1.165, 1.54) is 24.3 Å². The van der Waals surface area contributed by atoms with E-state index in [0.717, 1.165) is 0 Å². The molecule has 1 heterocycles. The Kier molecular flexibility index (Phi) is 4.84. The number of rotatable bonds is 4. The Hall–Kier alpha value is -1.19. The van der Waals surface area contributed by atoms with Crippen molar-refractivity contribution in [2.75, 3.05) is 11.9 Å². The highest BCUT2D eigenvalue weighted by Crippen LogP contribution is 2.26. The first kappa shape index (κ1) is 16.2. The second-order valence-electron chi connectivity index (χ2n) is 4.52. The minimum atomic E-state index is -3.79. The smallest absolute Gasteiger partial charge is 0.420 e. The van der Waals surface area contributed by atoms with Gasteiger partial charge in [0.15, 0.2) is 6.23 Å². The molecule has 0 aliphatic carbocycles. The molecule has 0 saturated carbocycles. The van der Waals surface area contributed by atoms with Crippen LogP contribution in [0.5, 0.6) is 5.75 Å². The molecule has 0 unspecified atom stereocenters. The number of hydrogen-bond donors (Lipinski definition) is 4. The number of anilines is 1. The second-order valence-corrected chi connectivity index (χ2v) is 4.96. The lowest BCUT2D eigenvalue weighted by molar-refractivity contribution is -0.178. The van der Waals surface area contributed by atoms with Crippen LogP contribution in [0.4, 0.5) is 14.5 Å². The van der Waals surface area contributed by atoms with Crippen molar-refractivity contribution in [3.8, 4) is 5.75 Å². The summed E-state index contributed by atoms with van der Waals surface area (Å²) in [5.41, 5.74) is -3.36. The number of benzene rings is 1. The molecule has 0 radical (unpaired) electrons. The third-order valence-corrected chi connectivity index (χ3v) is 2.97. The predicted octanol–water partition coefficient (Wildman–Crippen LogP) is 0.705. The quantitative estimate of drug-likeness (QED) is 0.609. The molecule has 0 spiro atoms. The predicted molar refractivity (Wildman–Crippen MR) is 69.3 cm³/mol. The Labute approximate surface area is 123 Å². The zero-order valence-corrected chi connectivity index (χ0v) is 11.4. The van der Waals surface area contributed by atoms with Crippen LogP contribution >= 0.6 is 11.6 Å². The summed E-state index contributed by atoms with van der Waals surface area (Å²) >= 11 is 4.64. The normalized spacial score (nSPS) is 30.0. The fraction of sp³-hybridized carbons (Fsp3) is 0.500. The Morgan fingerprint density at radius 2 is 1.81 bits per heavy atom. The summed E-state index contributed by atoms with van der Waals surface area (Å²) in [6, 6.07) is 5.31. The van der Waals surface area contributed by atoms with Crippen LogP contribution in [-0.4, -0.2) is 52.0 Å². The Bertz CT molecular complexity index is 470. The molecule has 6 nitrogen and oxygen atoms in total. The molecule has 1 aliphatic rings. The van der Waals surface area contributed by atoms with E-state index >= 15 is 0 Å². The molecular formula is C12H14ClF2NO5. The van der Waals surface area contributed by atoms with Crippen molar-refractivity contribution in [2.24, 2.45) is 0 Å². The van der Waals surface area contributed by atoms with Gasteiger partial charge in [-0.05, 0) is 24.3 Å². The molecule has 4 atom stereocenters. The van der Waals surface area contributed by atoms with Gasteiger partial charge in [0.25, 0.3) is 0 Å². The van der Waals surface area contributed by atoms with Crippen LogP contribution in [-0.2, 0) is 4.74 Å². The zero-order valence-electron chi connectivity index (χ0n) is 10.6. The van der Waals surface area contributed by atoms with E-state index in [1.54, 1.807) is 0 Å². The third kappa shape index (κ3) is 4.39. The number of aliphatic hydroxyl groups excluding tert-OH is 3. The van der Waals surface area contributed by atoms with E-state index in [9.17, 15) is 24.1 Å². The maximum atomic E-state index is 12.4. The van der Waals surface area contributed by atoms with Crippen LogP contribution in [0.3, 0.4) is 0 Å². The Morgan fingerprint density at radius 3 is 2.38 bits per heavy atom. The first-order chi connectivity index (χ1) is 9.76. The van der Waals surface area contributed by atoms with Gasteiger partial charge in [-0.25, -0.2) is 0 Å². The van der Waals surface area contributed by atoms with Crippen molar-refractivity contribution in [3.63, 3.8) is 0 Å². The summed E-state index contributed by atoms with van der Waals surface area (Å²) in [5, 5.41) is 31.3. The second kappa shape index (κ2) is 6.29. The van der Waals surface area contributed by atoms with Crippen molar-refractivity contribution < 1.29 is 33.6 Å². The van der Waals surface area contributed by atoms with Crippen LogP contribution in [0.2, 0.25) is 0 Å². The molecular weight excluding hydrogens is 312 g/mol. The van der Waals surface area contributed by atoms with Gasteiger partial charge in [0.05, 0.1) is 6.61 Å². The number of aliphatic hydroxyl groups is 3. The summed E-state index contributed by atoms with van der Waals surface area (Å²) in [4.78, 5) is 0. The number of ether oxygens (including phenoxy) is 2.